The van der Waals surface area contributed by atoms with Crippen LogP contribution in [0.4, 0.5) is 4.79 Å². The summed E-state index contributed by atoms with van der Waals surface area (Å²) in [4.78, 5) is 15.5. The molecule has 1 aromatic rings. The molecule has 0 atom stereocenters. The Hall–Kier alpha value is -1.10. The molecule has 1 saturated carbocycles. The maximum absolute atomic E-state index is 11.2. The van der Waals surface area contributed by atoms with Crippen molar-refractivity contribution < 1.29 is 4.79 Å². The molecule has 2 amide bonds. The quantitative estimate of drug-likeness (QED) is 0.794. The van der Waals surface area contributed by atoms with Crippen LogP contribution in [0.25, 0.3) is 0 Å². The molecule has 0 spiro atoms. The van der Waals surface area contributed by atoms with Gasteiger partial charge in [-0.05, 0) is 19.8 Å². The first-order valence-corrected chi connectivity index (χ1v) is 5.57. The zero-order chi connectivity index (χ0) is 9.97. The van der Waals surface area contributed by atoms with Gasteiger partial charge < -0.3 is 10.6 Å². The van der Waals surface area contributed by atoms with Crippen LogP contribution in [0.1, 0.15) is 23.5 Å². The summed E-state index contributed by atoms with van der Waals surface area (Å²) in [7, 11) is 0. The molecule has 1 aliphatic carbocycles. The Morgan fingerprint density at radius 3 is 3.07 bits per heavy atom. The van der Waals surface area contributed by atoms with Gasteiger partial charge in [-0.1, -0.05) is 0 Å². The van der Waals surface area contributed by atoms with E-state index in [2.05, 4.69) is 15.6 Å². The first-order chi connectivity index (χ1) is 6.74. The number of hydrogen-bond acceptors (Lipinski definition) is 3. The molecular weight excluding hydrogens is 198 g/mol. The molecule has 1 fully saturated rings. The van der Waals surface area contributed by atoms with E-state index in [1.54, 1.807) is 11.3 Å². The molecule has 76 valence electrons. The Bertz CT molecular complexity index is 333. The van der Waals surface area contributed by atoms with Gasteiger partial charge in [0.15, 0.2) is 0 Å². The lowest BCUT2D eigenvalue weighted by Gasteiger charge is -2.03. The molecule has 5 heteroatoms. The van der Waals surface area contributed by atoms with Crippen LogP contribution in [-0.2, 0) is 6.54 Å². The minimum atomic E-state index is -0.0830. The molecule has 0 radical (unpaired) electrons. The summed E-state index contributed by atoms with van der Waals surface area (Å²) in [6.45, 7) is 2.47. The highest BCUT2D eigenvalue weighted by Gasteiger charge is 2.22. The van der Waals surface area contributed by atoms with Crippen LogP contribution in [0.3, 0.4) is 0 Å². The average molecular weight is 211 g/mol. The second-order valence-electron chi connectivity index (χ2n) is 3.48. The number of nitrogens with one attached hydrogen (secondary N) is 2. The molecule has 14 heavy (non-hydrogen) atoms. The standard InChI is InChI=1S/C9H13N3OS/c1-6-5-14-8(11-6)4-10-9(13)12-7-2-3-7/h5,7H,2-4H2,1H3,(H2,10,12,13). The smallest absolute Gasteiger partial charge is 0.315 e. The van der Waals surface area contributed by atoms with Crippen molar-refractivity contribution >= 4 is 17.4 Å². The van der Waals surface area contributed by atoms with Crippen molar-refractivity contribution in [3.63, 3.8) is 0 Å². The Kier molecular flexibility index (Phi) is 2.67. The van der Waals surface area contributed by atoms with Gasteiger partial charge in [-0.2, -0.15) is 0 Å². The third kappa shape index (κ3) is 2.70. The second-order valence-corrected chi connectivity index (χ2v) is 4.43. The molecule has 1 aliphatic rings. The van der Waals surface area contributed by atoms with Gasteiger partial charge in [-0.3, -0.25) is 0 Å². The highest BCUT2D eigenvalue weighted by atomic mass is 32.1. The number of amides is 2. The summed E-state index contributed by atoms with van der Waals surface area (Å²) in [5, 5.41) is 8.57. The summed E-state index contributed by atoms with van der Waals surface area (Å²) in [6.07, 6.45) is 2.23. The molecule has 0 aromatic carbocycles. The van der Waals surface area contributed by atoms with Gasteiger partial charge in [0.25, 0.3) is 0 Å². The molecule has 0 unspecified atom stereocenters. The van der Waals surface area contributed by atoms with Gasteiger partial charge in [-0.25, -0.2) is 9.78 Å². The van der Waals surface area contributed by atoms with Gasteiger partial charge in [0.2, 0.25) is 0 Å². The Morgan fingerprint density at radius 1 is 1.71 bits per heavy atom. The fraction of sp³-hybridized carbons (Fsp3) is 0.556. The highest BCUT2D eigenvalue weighted by Crippen LogP contribution is 2.18. The van der Waals surface area contributed by atoms with Crippen LogP contribution in [0.2, 0.25) is 0 Å². The van der Waals surface area contributed by atoms with Crippen LogP contribution in [-0.4, -0.2) is 17.1 Å². The zero-order valence-electron chi connectivity index (χ0n) is 8.04. The predicted octanol–water partition coefficient (Wildman–Crippen LogP) is 1.41. The molecule has 4 nitrogen and oxygen atoms in total. The number of urea groups is 1. The fourth-order valence-corrected chi connectivity index (χ4v) is 1.82. The van der Waals surface area contributed by atoms with Crippen LogP contribution in [0.15, 0.2) is 5.38 Å². The number of carbonyl (C=O) groups excluding carboxylic acids is 1. The molecule has 0 aliphatic heterocycles. The van der Waals surface area contributed by atoms with Gasteiger partial charge in [0.05, 0.1) is 6.54 Å². The Balaban J connectivity index is 1.73. The van der Waals surface area contributed by atoms with Gasteiger partial charge >= 0.3 is 6.03 Å². The average Bonchev–Trinajstić information content (AvgIpc) is 2.85. The van der Waals surface area contributed by atoms with Crippen LogP contribution in [0, 0.1) is 6.92 Å². The van der Waals surface area contributed by atoms with Crippen molar-refractivity contribution in [1.29, 1.82) is 0 Å². The lowest BCUT2D eigenvalue weighted by molar-refractivity contribution is 0.240. The number of aryl methyl sites for hydroxylation is 1. The van der Waals surface area contributed by atoms with Crippen LogP contribution in [0.5, 0.6) is 0 Å². The number of nitrogens with zero attached hydrogens (tertiary/aromatic N) is 1. The van der Waals surface area contributed by atoms with Crippen LogP contribution < -0.4 is 10.6 Å². The molecule has 1 heterocycles. The van der Waals surface area contributed by atoms with E-state index in [4.69, 9.17) is 0 Å². The van der Waals surface area contributed by atoms with Crippen molar-refractivity contribution in [2.24, 2.45) is 0 Å². The molecule has 2 rings (SSSR count). The Morgan fingerprint density at radius 2 is 2.50 bits per heavy atom. The van der Waals surface area contributed by atoms with E-state index in [-0.39, 0.29) is 6.03 Å². The largest absolute Gasteiger partial charge is 0.335 e. The third-order valence-corrected chi connectivity index (χ3v) is 2.95. The zero-order valence-corrected chi connectivity index (χ0v) is 8.86. The lowest BCUT2D eigenvalue weighted by Crippen LogP contribution is -2.36. The van der Waals surface area contributed by atoms with E-state index in [1.165, 1.54) is 0 Å². The third-order valence-electron chi connectivity index (χ3n) is 1.98. The van der Waals surface area contributed by atoms with Crippen LogP contribution >= 0.6 is 11.3 Å². The van der Waals surface area contributed by atoms with E-state index in [0.717, 1.165) is 23.5 Å². The van der Waals surface area contributed by atoms with Gasteiger partial charge in [0.1, 0.15) is 5.01 Å². The maximum atomic E-state index is 11.2. The van der Waals surface area contributed by atoms with E-state index >= 15 is 0 Å². The normalized spacial score (nSPS) is 15.2. The van der Waals surface area contributed by atoms with Gasteiger partial charge in [-0.15, -0.1) is 11.3 Å². The highest BCUT2D eigenvalue weighted by molar-refractivity contribution is 7.09. The van der Waals surface area contributed by atoms with Crippen molar-refractivity contribution in [1.82, 2.24) is 15.6 Å². The number of rotatable bonds is 3. The molecule has 1 aromatic heterocycles. The van der Waals surface area contributed by atoms with E-state index in [0.29, 0.717) is 12.6 Å². The Labute approximate surface area is 86.7 Å². The van der Waals surface area contributed by atoms with Gasteiger partial charge in [0, 0.05) is 17.1 Å². The number of hydrogen-bond donors (Lipinski definition) is 2. The van der Waals surface area contributed by atoms with E-state index in [1.807, 2.05) is 12.3 Å². The minimum absolute atomic E-state index is 0.0830. The van der Waals surface area contributed by atoms with E-state index in [9.17, 15) is 4.79 Å². The summed E-state index contributed by atoms with van der Waals surface area (Å²) < 4.78 is 0. The first kappa shape index (κ1) is 9.45. The topological polar surface area (TPSA) is 54.0 Å². The molecule has 0 saturated heterocycles. The van der Waals surface area contributed by atoms with E-state index < -0.39 is 0 Å². The van der Waals surface area contributed by atoms with Crippen molar-refractivity contribution in [2.45, 2.75) is 32.4 Å². The monoisotopic (exact) mass is 211 g/mol. The SMILES string of the molecule is Cc1csc(CNC(=O)NC2CC2)n1. The van der Waals surface area contributed by atoms with Crippen molar-refractivity contribution in [3.8, 4) is 0 Å². The molecule has 2 N–H and O–H groups in total. The summed E-state index contributed by atoms with van der Waals surface area (Å²) >= 11 is 1.57. The summed E-state index contributed by atoms with van der Waals surface area (Å²) in [5.41, 5.74) is 1.01. The summed E-state index contributed by atoms with van der Waals surface area (Å²) in [5.74, 6) is 0. The lowest BCUT2D eigenvalue weighted by atomic mass is 10.6. The second kappa shape index (κ2) is 3.96. The predicted molar refractivity (Wildman–Crippen MR) is 55.2 cm³/mol. The molecule has 0 bridgehead atoms. The van der Waals surface area contributed by atoms with Crippen molar-refractivity contribution in [3.05, 3.63) is 16.1 Å². The number of thiazole rings is 1. The maximum Gasteiger partial charge on any atom is 0.315 e. The minimum Gasteiger partial charge on any atom is -0.335 e. The molecular formula is C9H13N3OS. The number of carbonyl (C=O) groups is 1. The summed E-state index contributed by atoms with van der Waals surface area (Å²) in [6, 6.07) is 0.327. The fourth-order valence-electron chi connectivity index (χ4n) is 1.10. The number of aromatic nitrogens is 1. The first-order valence-electron chi connectivity index (χ1n) is 4.69. The van der Waals surface area contributed by atoms with Crippen molar-refractivity contribution in [2.75, 3.05) is 0 Å².